The summed E-state index contributed by atoms with van der Waals surface area (Å²) in [5.41, 5.74) is 7.55. The summed E-state index contributed by atoms with van der Waals surface area (Å²) in [7, 11) is 0. The normalized spacial score (nSPS) is 16.8. The van der Waals surface area contributed by atoms with Gasteiger partial charge in [-0.15, -0.1) is 0 Å². The van der Waals surface area contributed by atoms with E-state index >= 15 is 0 Å². The first-order chi connectivity index (χ1) is 10.7. The van der Waals surface area contributed by atoms with Gasteiger partial charge in [0.2, 0.25) is 0 Å². The van der Waals surface area contributed by atoms with Crippen molar-refractivity contribution in [1.29, 1.82) is 0 Å². The van der Waals surface area contributed by atoms with Gasteiger partial charge in [0.05, 0.1) is 19.3 Å². The third kappa shape index (κ3) is 1.65. The standard InChI is InChI=1S/C18H20N2O2/c1-10-6-16-17(15(9-22)14(10)8-21)13-7-12-4-3-5-20(12)11(2)18(13)19-16/h3-6,11,19,21-22H,7-9H2,1-2H3. The van der Waals surface area contributed by atoms with Gasteiger partial charge in [-0.3, -0.25) is 0 Å². The Labute approximate surface area is 129 Å². The molecule has 0 spiro atoms. The molecular formula is C18H20N2O2. The largest absolute Gasteiger partial charge is 0.392 e. The molecule has 0 aliphatic carbocycles. The van der Waals surface area contributed by atoms with Gasteiger partial charge in [-0.2, -0.15) is 0 Å². The second-order valence-electron chi connectivity index (χ2n) is 6.17. The molecule has 1 unspecified atom stereocenters. The van der Waals surface area contributed by atoms with Gasteiger partial charge in [0.25, 0.3) is 0 Å². The van der Waals surface area contributed by atoms with Crippen LogP contribution in [-0.2, 0) is 19.6 Å². The van der Waals surface area contributed by atoms with Gasteiger partial charge in [0.1, 0.15) is 0 Å². The fourth-order valence-corrected chi connectivity index (χ4v) is 3.94. The molecule has 0 amide bonds. The number of aromatic amines is 1. The maximum absolute atomic E-state index is 9.88. The topological polar surface area (TPSA) is 61.2 Å². The zero-order valence-electron chi connectivity index (χ0n) is 12.8. The second-order valence-corrected chi connectivity index (χ2v) is 6.17. The highest BCUT2D eigenvalue weighted by molar-refractivity contribution is 5.90. The van der Waals surface area contributed by atoms with Crippen LogP contribution >= 0.6 is 0 Å². The van der Waals surface area contributed by atoms with Gasteiger partial charge in [0.15, 0.2) is 0 Å². The van der Waals surface area contributed by atoms with Gasteiger partial charge < -0.3 is 19.8 Å². The van der Waals surface area contributed by atoms with Gasteiger partial charge in [-0.1, -0.05) is 0 Å². The lowest BCUT2D eigenvalue weighted by Crippen LogP contribution is -2.17. The number of aromatic nitrogens is 2. The number of aryl methyl sites for hydroxylation is 1. The molecule has 4 rings (SSSR count). The summed E-state index contributed by atoms with van der Waals surface area (Å²) < 4.78 is 2.29. The molecule has 0 fully saturated rings. The Hall–Kier alpha value is -2.04. The molecule has 114 valence electrons. The van der Waals surface area contributed by atoms with Crippen LogP contribution in [0.15, 0.2) is 24.4 Å². The van der Waals surface area contributed by atoms with E-state index in [9.17, 15) is 10.2 Å². The van der Waals surface area contributed by atoms with E-state index in [1.165, 1.54) is 17.0 Å². The molecule has 4 nitrogen and oxygen atoms in total. The molecule has 0 saturated heterocycles. The van der Waals surface area contributed by atoms with E-state index in [1.807, 2.05) is 6.92 Å². The van der Waals surface area contributed by atoms with Crippen molar-refractivity contribution < 1.29 is 10.2 Å². The quantitative estimate of drug-likeness (QED) is 0.681. The predicted molar refractivity (Wildman–Crippen MR) is 85.9 cm³/mol. The lowest BCUT2D eigenvalue weighted by Gasteiger charge is -2.24. The summed E-state index contributed by atoms with van der Waals surface area (Å²) >= 11 is 0. The SMILES string of the molecule is Cc1cc2[nH]c3c(c2c(CO)c1CO)Cc1cccn1C3C. The van der Waals surface area contributed by atoms with E-state index in [0.29, 0.717) is 0 Å². The summed E-state index contributed by atoms with van der Waals surface area (Å²) in [5.74, 6) is 0. The second kappa shape index (κ2) is 4.73. The molecule has 1 aliphatic heterocycles. The van der Waals surface area contributed by atoms with Crippen molar-refractivity contribution in [2.75, 3.05) is 0 Å². The van der Waals surface area contributed by atoms with E-state index in [4.69, 9.17) is 0 Å². The van der Waals surface area contributed by atoms with Gasteiger partial charge in [-0.25, -0.2) is 0 Å². The van der Waals surface area contributed by atoms with Crippen LogP contribution < -0.4 is 0 Å². The molecule has 0 bridgehead atoms. The van der Waals surface area contributed by atoms with Gasteiger partial charge in [0, 0.05) is 34.9 Å². The molecule has 3 heterocycles. The number of nitrogens with one attached hydrogen (secondary N) is 1. The number of fused-ring (bicyclic) bond motifs is 4. The highest BCUT2D eigenvalue weighted by Crippen LogP contribution is 2.38. The number of H-pyrrole nitrogens is 1. The summed E-state index contributed by atoms with van der Waals surface area (Å²) in [5, 5.41) is 20.7. The van der Waals surface area contributed by atoms with Crippen molar-refractivity contribution in [2.24, 2.45) is 0 Å². The van der Waals surface area contributed by atoms with E-state index in [-0.39, 0.29) is 19.3 Å². The number of hydrogen-bond acceptors (Lipinski definition) is 2. The van der Waals surface area contributed by atoms with E-state index in [2.05, 4.69) is 40.9 Å². The maximum atomic E-state index is 9.88. The van der Waals surface area contributed by atoms with Crippen LogP contribution in [0.5, 0.6) is 0 Å². The highest BCUT2D eigenvalue weighted by Gasteiger charge is 2.27. The first-order valence-electron chi connectivity index (χ1n) is 7.69. The summed E-state index contributed by atoms with van der Waals surface area (Å²) in [6.45, 7) is 4.09. The van der Waals surface area contributed by atoms with E-state index < -0.39 is 0 Å². The highest BCUT2D eigenvalue weighted by atomic mass is 16.3. The number of aliphatic hydroxyl groups excluding tert-OH is 2. The van der Waals surface area contributed by atoms with Crippen molar-refractivity contribution in [1.82, 2.24) is 9.55 Å². The summed E-state index contributed by atoms with van der Waals surface area (Å²) in [4.78, 5) is 3.55. The summed E-state index contributed by atoms with van der Waals surface area (Å²) in [6, 6.07) is 6.57. The van der Waals surface area contributed by atoms with Crippen LogP contribution in [0.1, 0.15) is 46.6 Å². The van der Waals surface area contributed by atoms with Crippen molar-refractivity contribution in [3.63, 3.8) is 0 Å². The fraction of sp³-hybridized carbons (Fsp3) is 0.333. The third-order valence-corrected chi connectivity index (χ3v) is 5.04. The van der Waals surface area contributed by atoms with Crippen LogP contribution in [0, 0.1) is 6.92 Å². The Bertz CT molecular complexity index is 873. The number of benzene rings is 1. The van der Waals surface area contributed by atoms with Crippen molar-refractivity contribution in [3.05, 3.63) is 58.0 Å². The van der Waals surface area contributed by atoms with Crippen LogP contribution in [-0.4, -0.2) is 19.8 Å². The number of nitrogens with zero attached hydrogens (tertiary/aromatic N) is 1. The Balaban J connectivity index is 2.05. The van der Waals surface area contributed by atoms with E-state index in [0.717, 1.165) is 34.0 Å². The predicted octanol–water partition coefficient (Wildman–Crippen LogP) is 2.78. The fourth-order valence-electron chi connectivity index (χ4n) is 3.94. The molecule has 1 aromatic carbocycles. The number of rotatable bonds is 2. The lowest BCUT2D eigenvalue weighted by molar-refractivity contribution is 0.260. The first-order valence-corrected chi connectivity index (χ1v) is 7.69. The minimum Gasteiger partial charge on any atom is -0.392 e. The van der Waals surface area contributed by atoms with Gasteiger partial charge >= 0.3 is 0 Å². The Morgan fingerprint density at radius 2 is 2.05 bits per heavy atom. The van der Waals surface area contributed by atoms with Crippen LogP contribution in [0.2, 0.25) is 0 Å². The monoisotopic (exact) mass is 296 g/mol. The van der Waals surface area contributed by atoms with Crippen molar-refractivity contribution >= 4 is 10.9 Å². The Morgan fingerprint density at radius 3 is 2.77 bits per heavy atom. The minimum atomic E-state index is -0.0479. The molecule has 1 atom stereocenters. The van der Waals surface area contributed by atoms with Crippen LogP contribution in [0.4, 0.5) is 0 Å². The van der Waals surface area contributed by atoms with Crippen molar-refractivity contribution in [3.8, 4) is 0 Å². The molecule has 0 saturated carbocycles. The molecule has 4 heteroatoms. The maximum Gasteiger partial charge on any atom is 0.0707 e. The zero-order chi connectivity index (χ0) is 15.4. The molecular weight excluding hydrogens is 276 g/mol. The van der Waals surface area contributed by atoms with Gasteiger partial charge in [-0.05, 0) is 54.3 Å². The zero-order valence-corrected chi connectivity index (χ0v) is 12.8. The molecule has 3 N–H and O–H groups in total. The number of aliphatic hydroxyl groups is 2. The molecule has 22 heavy (non-hydrogen) atoms. The Kier molecular flexibility index (Phi) is 2.93. The van der Waals surface area contributed by atoms with E-state index in [1.54, 1.807) is 0 Å². The van der Waals surface area contributed by atoms with Crippen LogP contribution in [0.3, 0.4) is 0 Å². The van der Waals surface area contributed by atoms with Crippen LogP contribution in [0.25, 0.3) is 10.9 Å². The third-order valence-electron chi connectivity index (χ3n) is 5.04. The first kappa shape index (κ1) is 13.6. The molecule has 0 radical (unpaired) electrons. The average molecular weight is 296 g/mol. The smallest absolute Gasteiger partial charge is 0.0707 e. The molecule has 2 aromatic heterocycles. The molecule has 3 aromatic rings. The number of hydrogen-bond donors (Lipinski definition) is 3. The minimum absolute atomic E-state index is 0.0381. The average Bonchev–Trinajstić information content (AvgIpc) is 3.11. The lowest BCUT2D eigenvalue weighted by atomic mass is 9.92. The Morgan fingerprint density at radius 1 is 1.27 bits per heavy atom. The van der Waals surface area contributed by atoms with Crippen molar-refractivity contribution in [2.45, 2.75) is 39.5 Å². The molecule has 1 aliphatic rings. The summed E-state index contributed by atoms with van der Waals surface area (Å²) in [6.07, 6.45) is 2.97.